The number of carbonyl (C=O) groups excluding carboxylic acids is 2. The van der Waals surface area contributed by atoms with Crippen LogP contribution in [0.25, 0.3) is 22.2 Å². The number of halogens is 3. The molecule has 0 spiro atoms. The first-order valence-corrected chi connectivity index (χ1v) is 14.5. The Hall–Kier alpha value is -4.09. The number of rotatable bonds is 8. The van der Waals surface area contributed by atoms with Crippen LogP contribution in [0.15, 0.2) is 42.6 Å². The number of ether oxygens (including phenoxy) is 1. The number of aromatic nitrogens is 3. The van der Waals surface area contributed by atoms with Gasteiger partial charge in [0.25, 0.3) is 5.91 Å². The minimum atomic E-state index is -1.68. The molecular weight excluding hydrogens is 580 g/mol. The van der Waals surface area contributed by atoms with E-state index in [1.807, 2.05) is 10.9 Å². The summed E-state index contributed by atoms with van der Waals surface area (Å²) in [6, 6.07) is 8.89. The van der Waals surface area contributed by atoms with Gasteiger partial charge in [-0.25, -0.2) is 13.8 Å². The van der Waals surface area contributed by atoms with E-state index in [-0.39, 0.29) is 46.8 Å². The summed E-state index contributed by atoms with van der Waals surface area (Å²) in [6.45, 7) is 1.24. The van der Waals surface area contributed by atoms with Gasteiger partial charge >= 0.3 is 0 Å². The molecule has 2 saturated carbocycles. The number of hydrogen-bond donors (Lipinski definition) is 3. The maximum atomic E-state index is 15.1. The quantitative estimate of drug-likeness (QED) is 0.252. The third-order valence-corrected chi connectivity index (χ3v) is 9.09. The van der Waals surface area contributed by atoms with Gasteiger partial charge in [0.1, 0.15) is 40.7 Å². The second kappa shape index (κ2) is 9.72. The first-order valence-electron chi connectivity index (χ1n) is 14.1. The van der Waals surface area contributed by atoms with Crippen molar-refractivity contribution in [3.05, 3.63) is 76.1 Å². The molecule has 43 heavy (non-hydrogen) atoms. The van der Waals surface area contributed by atoms with Gasteiger partial charge in [-0.1, -0.05) is 11.6 Å². The van der Waals surface area contributed by atoms with Crippen LogP contribution in [0.2, 0.25) is 5.02 Å². The van der Waals surface area contributed by atoms with E-state index in [4.69, 9.17) is 22.1 Å². The summed E-state index contributed by atoms with van der Waals surface area (Å²) in [5.74, 6) is -3.16. The number of nitrogens with one attached hydrogen (secondary N) is 1. The van der Waals surface area contributed by atoms with Crippen LogP contribution >= 0.6 is 11.6 Å². The second-order valence-electron chi connectivity index (χ2n) is 12.0. The zero-order valence-corrected chi connectivity index (χ0v) is 23.9. The van der Waals surface area contributed by atoms with Crippen LogP contribution in [0.3, 0.4) is 0 Å². The molecule has 9 nitrogen and oxygen atoms in total. The predicted molar refractivity (Wildman–Crippen MR) is 154 cm³/mol. The number of fused-ring (bicyclic) bond motifs is 2. The molecule has 2 amide bonds. The SMILES string of the molecule is C[C@]1(C(N)=O)COc2c1cc(C(O)(CNC(=O)c1ccc3nn(C4CC4)cc3c1)C1CC1)nc2-c1cc(Cl)c(F)cc1F. The van der Waals surface area contributed by atoms with Crippen molar-refractivity contribution >= 4 is 34.3 Å². The molecule has 222 valence electrons. The van der Waals surface area contributed by atoms with Crippen molar-refractivity contribution < 1.29 is 28.2 Å². The second-order valence-corrected chi connectivity index (χ2v) is 12.4. The molecule has 0 bridgehead atoms. The number of nitrogens with two attached hydrogens (primary N) is 1. The van der Waals surface area contributed by atoms with Crippen molar-refractivity contribution in [2.45, 2.75) is 49.7 Å². The molecule has 1 aliphatic heterocycles. The average molecular weight is 608 g/mol. The first kappa shape index (κ1) is 27.7. The molecule has 0 saturated heterocycles. The molecule has 4 N–H and O–H groups in total. The van der Waals surface area contributed by atoms with Gasteiger partial charge in [0, 0.05) is 34.3 Å². The highest BCUT2D eigenvalue weighted by molar-refractivity contribution is 6.31. The average Bonchev–Trinajstić information content (AvgIpc) is 3.92. The lowest BCUT2D eigenvalue weighted by atomic mass is 9.81. The Morgan fingerprint density at radius 2 is 1.95 bits per heavy atom. The molecule has 2 aromatic carbocycles. The lowest BCUT2D eigenvalue weighted by molar-refractivity contribution is -0.123. The van der Waals surface area contributed by atoms with Gasteiger partial charge in [0.2, 0.25) is 5.91 Å². The van der Waals surface area contributed by atoms with E-state index in [0.29, 0.717) is 36.1 Å². The third kappa shape index (κ3) is 4.62. The number of amides is 2. The fourth-order valence-electron chi connectivity index (χ4n) is 5.73. The van der Waals surface area contributed by atoms with E-state index in [2.05, 4.69) is 15.4 Å². The van der Waals surface area contributed by atoms with Crippen LogP contribution in [-0.4, -0.2) is 44.8 Å². The van der Waals surface area contributed by atoms with Crippen LogP contribution in [0, 0.1) is 17.6 Å². The number of nitrogens with zero attached hydrogens (tertiary/aromatic N) is 3. The minimum absolute atomic E-state index is 0.0552. The molecule has 3 heterocycles. The van der Waals surface area contributed by atoms with Gasteiger partial charge in [-0.05, 0) is 68.9 Å². The molecule has 12 heteroatoms. The largest absolute Gasteiger partial charge is 0.489 e. The Kier molecular flexibility index (Phi) is 6.26. The van der Waals surface area contributed by atoms with Crippen LogP contribution in [0.1, 0.15) is 60.3 Å². The predicted octanol–water partition coefficient (Wildman–Crippen LogP) is 4.53. The summed E-state index contributed by atoms with van der Waals surface area (Å²) in [5.41, 5.74) is 4.15. The van der Waals surface area contributed by atoms with E-state index in [0.717, 1.165) is 29.8 Å². The van der Waals surface area contributed by atoms with Gasteiger partial charge < -0.3 is 20.9 Å². The maximum Gasteiger partial charge on any atom is 0.251 e. The van der Waals surface area contributed by atoms with E-state index in [1.165, 1.54) is 6.07 Å². The van der Waals surface area contributed by atoms with Crippen molar-refractivity contribution in [1.82, 2.24) is 20.1 Å². The molecule has 3 aliphatic rings. The molecule has 2 fully saturated rings. The van der Waals surface area contributed by atoms with Crippen LogP contribution < -0.4 is 15.8 Å². The van der Waals surface area contributed by atoms with E-state index >= 15 is 4.39 Å². The molecule has 1 unspecified atom stereocenters. The molecular formula is C31H28ClF2N5O4. The van der Waals surface area contributed by atoms with Crippen molar-refractivity contribution in [2.24, 2.45) is 11.7 Å². The molecule has 0 radical (unpaired) electrons. The Morgan fingerprint density at radius 1 is 1.19 bits per heavy atom. The topological polar surface area (TPSA) is 132 Å². The molecule has 2 atom stereocenters. The van der Waals surface area contributed by atoms with Crippen LogP contribution in [0.5, 0.6) is 5.75 Å². The Bertz CT molecular complexity index is 1840. The van der Waals surface area contributed by atoms with Gasteiger partial charge in [-0.15, -0.1) is 0 Å². The minimum Gasteiger partial charge on any atom is -0.489 e. The number of aliphatic hydroxyl groups is 1. The van der Waals surface area contributed by atoms with Crippen LogP contribution in [-0.2, 0) is 15.8 Å². The zero-order chi connectivity index (χ0) is 30.3. The summed E-state index contributed by atoms with van der Waals surface area (Å²) in [7, 11) is 0. The molecule has 4 aromatic rings. The fraction of sp³-hybridized carbons (Fsp3) is 0.355. The van der Waals surface area contributed by atoms with Crippen molar-refractivity contribution in [3.8, 4) is 17.0 Å². The normalized spacial score (nSPS) is 20.9. The summed E-state index contributed by atoms with van der Waals surface area (Å²) in [4.78, 5) is 30.5. The summed E-state index contributed by atoms with van der Waals surface area (Å²) >= 11 is 6.00. The summed E-state index contributed by atoms with van der Waals surface area (Å²) in [5, 5.41) is 20.0. The highest BCUT2D eigenvalue weighted by Crippen LogP contribution is 2.50. The molecule has 7 rings (SSSR count). The fourth-order valence-corrected chi connectivity index (χ4v) is 5.89. The van der Waals surface area contributed by atoms with Gasteiger partial charge in [0.15, 0.2) is 0 Å². The lowest BCUT2D eigenvalue weighted by Crippen LogP contribution is -2.44. The first-order chi connectivity index (χ1) is 20.5. The van der Waals surface area contributed by atoms with Gasteiger partial charge in [-0.2, -0.15) is 5.10 Å². The number of pyridine rings is 1. The Balaban J connectivity index is 1.26. The number of benzene rings is 2. The van der Waals surface area contributed by atoms with Gasteiger partial charge in [-0.3, -0.25) is 14.3 Å². The van der Waals surface area contributed by atoms with Gasteiger partial charge in [0.05, 0.1) is 28.8 Å². The number of hydrogen-bond acceptors (Lipinski definition) is 6. The Labute approximate surface area is 250 Å². The smallest absolute Gasteiger partial charge is 0.251 e. The van der Waals surface area contributed by atoms with Crippen molar-refractivity contribution in [3.63, 3.8) is 0 Å². The zero-order valence-electron chi connectivity index (χ0n) is 23.2. The third-order valence-electron chi connectivity index (χ3n) is 8.80. The van der Waals surface area contributed by atoms with Crippen LogP contribution in [0.4, 0.5) is 8.78 Å². The molecule has 2 aromatic heterocycles. The monoisotopic (exact) mass is 607 g/mol. The highest BCUT2D eigenvalue weighted by Gasteiger charge is 2.50. The lowest BCUT2D eigenvalue weighted by Gasteiger charge is -2.30. The van der Waals surface area contributed by atoms with Crippen molar-refractivity contribution in [1.29, 1.82) is 0 Å². The summed E-state index contributed by atoms with van der Waals surface area (Å²) in [6.07, 6.45) is 5.43. The number of primary amides is 1. The van der Waals surface area contributed by atoms with E-state index in [9.17, 15) is 19.1 Å². The number of carbonyl (C=O) groups is 2. The van der Waals surface area contributed by atoms with Crippen molar-refractivity contribution in [2.75, 3.05) is 13.2 Å². The highest BCUT2D eigenvalue weighted by atomic mass is 35.5. The maximum absolute atomic E-state index is 15.1. The standard InChI is InChI=1S/C31H28ClF2N5O4/c1-30(29(35)41)14-43-27-20(30)10-25(37-26(27)19-9-21(32)23(34)11-22(19)33)31(42,17-3-4-17)13-36-28(40)15-2-7-24-16(8-15)12-39(38-24)18-5-6-18/h2,7-12,17-18,42H,3-6,13-14H2,1H3,(H2,35,41)(H,36,40)/t30-,31?/m0/s1. The van der Waals surface area contributed by atoms with E-state index < -0.39 is 34.5 Å². The molecule has 2 aliphatic carbocycles. The summed E-state index contributed by atoms with van der Waals surface area (Å²) < 4.78 is 36.9. The van der Waals surface area contributed by atoms with E-state index in [1.54, 1.807) is 25.1 Å². The Morgan fingerprint density at radius 3 is 2.65 bits per heavy atom.